The summed E-state index contributed by atoms with van der Waals surface area (Å²) in [5.41, 5.74) is 4.01. The van der Waals surface area contributed by atoms with Crippen LogP contribution in [0, 0.1) is 20.8 Å². The smallest absolute Gasteiger partial charge is 0.435 e. The number of ether oxygens (including phenoxy) is 1. The molecular weight excluding hydrogens is 545 g/mol. The summed E-state index contributed by atoms with van der Waals surface area (Å²) in [5.74, 6) is 0.533. The molecule has 2 heterocycles. The zero-order valence-electron chi connectivity index (χ0n) is 22.1. The molecule has 6 nitrogen and oxygen atoms in total. The summed E-state index contributed by atoms with van der Waals surface area (Å²) in [4.78, 5) is 4.56. The predicted octanol–water partition coefficient (Wildman–Crippen LogP) is 7.90. The normalized spacial score (nSPS) is 11.9. The van der Waals surface area contributed by atoms with E-state index in [4.69, 9.17) is 4.42 Å². The number of hydrogen-bond donors (Lipinski definition) is 1. The minimum Gasteiger partial charge on any atom is -0.440 e. The van der Waals surface area contributed by atoms with Crippen LogP contribution in [0.25, 0.3) is 39.4 Å². The van der Waals surface area contributed by atoms with E-state index in [1.165, 1.54) is 35.9 Å². The van der Waals surface area contributed by atoms with Crippen molar-refractivity contribution in [3.8, 4) is 45.1 Å². The number of hydrogen-bond acceptors (Lipinski definition) is 5. The number of rotatable bonds is 7. The van der Waals surface area contributed by atoms with Crippen LogP contribution in [0.4, 0.5) is 22.0 Å². The third-order valence-electron chi connectivity index (χ3n) is 6.58. The first-order chi connectivity index (χ1) is 19.4. The van der Waals surface area contributed by atoms with Gasteiger partial charge < -0.3 is 14.3 Å². The van der Waals surface area contributed by atoms with Crippen molar-refractivity contribution in [2.45, 2.75) is 40.2 Å². The number of benzene rings is 3. The summed E-state index contributed by atoms with van der Waals surface area (Å²) >= 11 is 0. The van der Waals surface area contributed by atoms with Gasteiger partial charge in [-0.2, -0.15) is 27.1 Å². The van der Waals surface area contributed by atoms with Crippen LogP contribution < -0.4 is 4.74 Å². The second-order valence-electron chi connectivity index (χ2n) is 9.43. The van der Waals surface area contributed by atoms with Crippen molar-refractivity contribution >= 4 is 0 Å². The molecule has 11 heteroatoms. The van der Waals surface area contributed by atoms with Gasteiger partial charge >= 0.3 is 12.8 Å². The first kappa shape index (κ1) is 28.0. The minimum atomic E-state index is -4.64. The molecular formula is C30H24F5N3O3. The number of aromatic nitrogens is 3. The molecule has 0 saturated heterocycles. The van der Waals surface area contributed by atoms with Crippen LogP contribution in [-0.4, -0.2) is 26.5 Å². The van der Waals surface area contributed by atoms with Gasteiger partial charge in [-0.1, -0.05) is 24.3 Å². The largest absolute Gasteiger partial charge is 0.440 e. The zero-order valence-corrected chi connectivity index (χ0v) is 22.1. The molecule has 0 aliphatic carbocycles. The average Bonchev–Trinajstić information content (AvgIpc) is 3.51. The number of halogens is 5. The summed E-state index contributed by atoms with van der Waals surface area (Å²) in [6.07, 6.45) is -4.64. The van der Waals surface area contributed by atoms with Gasteiger partial charge in [0.2, 0.25) is 0 Å². The Morgan fingerprint density at radius 2 is 1.56 bits per heavy atom. The molecule has 5 rings (SSSR count). The molecule has 0 radical (unpaired) electrons. The predicted molar refractivity (Wildman–Crippen MR) is 142 cm³/mol. The van der Waals surface area contributed by atoms with E-state index >= 15 is 0 Å². The van der Waals surface area contributed by atoms with Gasteiger partial charge in [0.05, 0.1) is 12.3 Å². The number of aryl methyl sites for hydroxylation is 3. The van der Waals surface area contributed by atoms with Gasteiger partial charge in [0.25, 0.3) is 0 Å². The Balaban J connectivity index is 1.71. The Hall–Kier alpha value is -4.51. The van der Waals surface area contributed by atoms with Gasteiger partial charge in [-0.05, 0) is 78.6 Å². The lowest BCUT2D eigenvalue weighted by molar-refractivity contribution is -0.141. The fraction of sp³-hybridized carbons (Fsp3) is 0.200. The Morgan fingerprint density at radius 3 is 2.17 bits per heavy atom. The molecule has 41 heavy (non-hydrogen) atoms. The van der Waals surface area contributed by atoms with Crippen LogP contribution in [0.5, 0.6) is 5.75 Å². The molecule has 5 aromatic rings. The fourth-order valence-electron chi connectivity index (χ4n) is 4.59. The van der Waals surface area contributed by atoms with Crippen molar-refractivity contribution in [1.82, 2.24) is 14.8 Å². The molecule has 3 aromatic carbocycles. The second-order valence-corrected chi connectivity index (χ2v) is 9.43. The Bertz CT molecular complexity index is 1710. The van der Waals surface area contributed by atoms with Crippen molar-refractivity contribution in [1.29, 1.82) is 0 Å². The van der Waals surface area contributed by atoms with Crippen LogP contribution in [0.15, 0.2) is 71.1 Å². The van der Waals surface area contributed by atoms with E-state index in [-0.39, 0.29) is 29.7 Å². The van der Waals surface area contributed by atoms with Gasteiger partial charge in [-0.25, -0.2) is 9.67 Å². The summed E-state index contributed by atoms with van der Waals surface area (Å²) < 4.78 is 77.4. The van der Waals surface area contributed by atoms with Crippen molar-refractivity contribution in [3.05, 3.63) is 95.1 Å². The van der Waals surface area contributed by atoms with Crippen LogP contribution in [0.1, 0.15) is 28.4 Å². The van der Waals surface area contributed by atoms with E-state index in [1.54, 1.807) is 31.2 Å². The Morgan fingerprint density at radius 1 is 0.902 bits per heavy atom. The molecule has 0 bridgehead atoms. The SMILES string of the molecule is Cc1nc(-c2cc(-c3ccc(CO)c(C)c3)ccc2-n2nc(C(F)(F)F)cc2C)c(-c2ccc(OC(F)F)cc2)o1. The molecule has 0 unspecified atom stereocenters. The lowest BCUT2D eigenvalue weighted by Crippen LogP contribution is -2.08. The van der Waals surface area contributed by atoms with Crippen molar-refractivity contribution < 1.29 is 36.2 Å². The summed E-state index contributed by atoms with van der Waals surface area (Å²) in [6, 6.07) is 17.5. The highest BCUT2D eigenvalue weighted by Gasteiger charge is 2.35. The molecule has 0 fully saturated rings. The Kier molecular flexibility index (Phi) is 7.39. The maximum atomic E-state index is 13.5. The molecule has 2 aromatic heterocycles. The van der Waals surface area contributed by atoms with E-state index in [0.29, 0.717) is 22.5 Å². The molecule has 0 aliphatic rings. The average molecular weight is 570 g/mol. The number of aliphatic hydroxyl groups excluding tert-OH is 1. The Labute approximate surface area is 231 Å². The lowest BCUT2D eigenvalue weighted by Gasteiger charge is -2.14. The van der Waals surface area contributed by atoms with Crippen molar-refractivity contribution in [2.24, 2.45) is 0 Å². The standard InChI is InChI=1S/C30H24F5N3O3/c1-16-12-20(4-5-22(16)15-39)21-8-11-25(38-17(2)13-26(37-38)30(33,34)35)24(14-21)27-28(40-18(3)36-27)19-6-9-23(10-7-19)41-29(31)32/h4-14,29,39H,15H2,1-3H3. The zero-order chi connectivity index (χ0) is 29.5. The van der Waals surface area contributed by atoms with Gasteiger partial charge in [-0.15, -0.1) is 0 Å². The topological polar surface area (TPSA) is 73.3 Å². The minimum absolute atomic E-state index is 0.0437. The van der Waals surface area contributed by atoms with Crippen LogP contribution in [-0.2, 0) is 12.8 Å². The van der Waals surface area contributed by atoms with Gasteiger partial charge in [0.1, 0.15) is 11.4 Å². The molecule has 1 N–H and O–H groups in total. The van der Waals surface area contributed by atoms with Crippen LogP contribution >= 0.6 is 0 Å². The number of oxazole rings is 1. The van der Waals surface area contributed by atoms with Crippen LogP contribution in [0.2, 0.25) is 0 Å². The van der Waals surface area contributed by atoms with E-state index in [1.807, 2.05) is 19.1 Å². The molecule has 0 amide bonds. The summed E-state index contributed by atoms with van der Waals surface area (Å²) in [6.45, 7) is 1.93. The highest BCUT2D eigenvalue weighted by molar-refractivity contribution is 5.85. The molecule has 0 atom stereocenters. The van der Waals surface area contributed by atoms with Crippen molar-refractivity contribution in [2.75, 3.05) is 0 Å². The molecule has 0 aliphatic heterocycles. The number of alkyl halides is 5. The maximum absolute atomic E-state index is 13.5. The second kappa shape index (κ2) is 10.8. The number of aliphatic hydroxyl groups is 1. The molecule has 212 valence electrons. The van der Waals surface area contributed by atoms with Gasteiger partial charge in [0, 0.05) is 23.7 Å². The van der Waals surface area contributed by atoms with E-state index < -0.39 is 18.5 Å². The highest BCUT2D eigenvalue weighted by atomic mass is 19.4. The lowest BCUT2D eigenvalue weighted by atomic mass is 9.96. The third kappa shape index (κ3) is 5.71. The van der Waals surface area contributed by atoms with E-state index in [0.717, 1.165) is 28.3 Å². The third-order valence-corrected chi connectivity index (χ3v) is 6.58. The quantitative estimate of drug-likeness (QED) is 0.202. The summed E-state index contributed by atoms with van der Waals surface area (Å²) in [7, 11) is 0. The highest BCUT2D eigenvalue weighted by Crippen LogP contribution is 2.40. The summed E-state index contributed by atoms with van der Waals surface area (Å²) in [5, 5.41) is 13.4. The molecule has 0 spiro atoms. The first-order valence-electron chi connectivity index (χ1n) is 12.5. The monoisotopic (exact) mass is 569 g/mol. The van der Waals surface area contributed by atoms with E-state index in [2.05, 4.69) is 14.8 Å². The van der Waals surface area contributed by atoms with Crippen molar-refractivity contribution in [3.63, 3.8) is 0 Å². The number of nitrogens with zero attached hydrogens (tertiary/aromatic N) is 3. The van der Waals surface area contributed by atoms with E-state index in [9.17, 15) is 27.1 Å². The maximum Gasteiger partial charge on any atom is 0.435 e. The first-order valence-corrected chi connectivity index (χ1v) is 12.5. The van der Waals surface area contributed by atoms with Gasteiger partial charge in [-0.3, -0.25) is 0 Å². The van der Waals surface area contributed by atoms with Crippen LogP contribution in [0.3, 0.4) is 0 Å². The molecule has 0 saturated carbocycles. The van der Waals surface area contributed by atoms with Gasteiger partial charge in [0.15, 0.2) is 17.3 Å². The fourth-order valence-corrected chi connectivity index (χ4v) is 4.59.